The van der Waals surface area contributed by atoms with E-state index >= 15 is 0 Å². The zero-order valence-electron chi connectivity index (χ0n) is 22.1. The summed E-state index contributed by atoms with van der Waals surface area (Å²) in [6.07, 6.45) is 12.8. The summed E-state index contributed by atoms with van der Waals surface area (Å²) in [6.45, 7) is 14.1. The third-order valence-electron chi connectivity index (χ3n) is 12.0. The van der Waals surface area contributed by atoms with Crippen LogP contribution >= 0.6 is 0 Å². The van der Waals surface area contributed by atoms with E-state index in [9.17, 15) is 14.7 Å². The molecule has 0 spiro atoms. The molecule has 8 unspecified atom stereocenters. The number of Topliss-reactive ketones (excluding diaryl/α,β-unsaturated/α-hetero) is 1. The van der Waals surface area contributed by atoms with Crippen molar-refractivity contribution in [3.63, 3.8) is 0 Å². The number of hydrogen-bond acceptors (Lipinski definition) is 4. The highest BCUT2D eigenvalue weighted by Gasteiger charge is 2.65. The van der Waals surface area contributed by atoms with Crippen molar-refractivity contribution in [2.45, 2.75) is 99.0 Å². The molecule has 0 bridgehead atoms. The molecule has 1 N–H and O–H groups in total. The van der Waals surface area contributed by atoms with Gasteiger partial charge in [0.2, 0.25) is 0 Å². The number of allylic oxidation sites excluding steroid dienone is 2. The number of ether oxygens (including phenoxy) is 1. The molecule has 0 amide bonds. The molecule has 1 aliphatic heterocycles. The Kier molecular flexibility index (Phi) is 5.56. The van der Waals surface area contributed by atoms with E-state index in [0.717, 1.165) is 25.7 Å². The maximum absolute atomic E-state index is 12.8. The fourth-order valence-electron chi connectivity index (χ4n) is 9.77. The van der Waals surface area contributed by atoms with E-state index in [4.69, 9.17) is 4.74 Å². The highest BCUT2D eigenvalue weighted by Crippen LogP contribution is 2.73. The lowest BCUT2D eigenvalue weighted by Crippen LogP contribution is -2.57. The highest BCUT2D eigenvalue weighted by molar-refractivity contribution is 5.91. The second kappa shape index (κ2) is 7.79. The predicted molar refractivity (Wildman–Crippen MR) is 133 cm³/mol. The molecule has 3 fully saturated rings. The van der Waals surface area contributed by atoms with Crippen LogP contribution in [0.4, 0.5) is 0 Å². The minimum absolute atomic E-state index is 0.201. The molecule has 0 aromatic carbocycles. The van der Waals surface area contributed by atoms with Gasteiger partial charge in [0, 0.05) is 11.8 Å². The first-order chi connectivity index (χ1) is 15.9. The second-order valence-corrected chi connectivity index (χ2v) is 13.6. The Bertz CT molecular complexity index is 959. The first-order valence-electron chi connectivity index (χ1n) is 13.6. The molecule has 0 aromatic rings. The summed E-state index contributed by atoms with van der Waals surface area (Å²) in [5.41, 5.74) is 2.55. The molecule has 188 valence electrons. The van der Waals surface area contributed by atoms with Gasteiger partial charge in [-0.15, -0.1) is 0 Å². The lowest BCUT2D eigenvalue weighted by atomic mass is 9.41. The number of esters is 1. The van der Waals surface area contributed by atoms with E-state index < -0.39 is 0 Å². The molecule has 5 rings (SSSR count). The van der Waals surface area contributed by atoms with Gasteiger partial charge >= 0.3 is 5.97 Å². The SMILES string of the molecule is CC(CC1C=C(CO)C(=O)O1)C1CCC2(C)C3=CCC4C(C)(C)C(=O)CCC4(C)C3CCC12C. The number of rotatable bonds is 4. The summed E-state index contributed by atoms with van der Waals surface area (Å²) >= 11 is 0. The number of aliphatic hydroxyl groups excluding tert-OH is 1. The fraction of sp³-hybridized carbons (Fsp3) is 0.800. The maximum Gasteiger partial charge on any atom is 0.336 e. The highest BCUT2D eigenvalue weighted by atomic mass is 16.5. The third-order valence-corrected chi connectivity index (χ3v) is 12.0. The average Bonchev–Trinajstić information content (AvgIpc) is 3.27. The van der Waals surface area contributed by atoms with Crippen LogP contribution < -0.4 is 0 Å². The second-order valence-electron chi connectivity index (χ2n) is 13.6. The molecule has 0 saturated heterocycles. The topological polar surface area (TPSA) is 63.6 Å². The summed E-state index contributed by atoms with van der Waals surface area (Å²) in [5.74, 6) is 2.19. The van der Waals surface area contributed by atoms with Gasteiger partial charge in [0.15, 0.2) is 0 Å². The summed E-state index contributed by atoms with van der Waals surface area (Å²) in [5, 5.41) is 9.40. The maximum atomic E-state index is 12.8. The first kappa shape index (κ1) is 24.3. The van der Waals surface area contributed by atoms with Crippen molar-refractivity contribution in [2.75, 3.05) is 6.61 Å². The quantitative estimate of drug-likeness (QED) is 0.404. The van der Waals surface area contributed by atoms with Gasteiger partial charge in [0.25, 0.3) is 0 Å². The lowest BCUT2D eigenvalue weighted by molar-refractivity contribution is -0.146. The standard InChI is InChI=1S/C30H44O4/c1-18(15-20-16-19(17-31)26(33)34-20)21-9-13-30(6)23-7-8-24-27(2,3)25(32)11-12-28(24,4)22(23)10-14-29(21,30)5/h7,16,18,20-22,24,31H,8-15,17H2,1-6H3. The van der Waals surface area contributed by atoms with Gasteiger partial charge in [-0.25, -0.2) is 4.79 Å². The van der Waals surface area contributed by atoms with Crippen LogP contribution in [-0.4, -0.2) is 29.6 Å². The molecule has 4 nitrogen and oxygen atoms in total. The van der Waals surface area contributed by atoms with Gasteiger partial charge in [-0.3, -0.25) is 4.79 Å². The smallest absolute Gasteiger partial charge is 0.336 e. The Morgan fingerprint density at radius 2 is 1.82 bits per heavy atom. The van der Waals surface area contributed by atoms with Crippen molar-refractivity contribution < 1.29 is 19.4 Å². The van der Waals surface area contributed by atoms with Crippen LogP contribution in [0.2, 0.25) is 0 Å². The minimum atomic E-state index is -0.355. The zero-order valence-corrected chi connectivity index (χ0v) is 22.1. The number of carbonyl (C=O) groups excluding carboxylic acids is 2. The van der Waals surface area contributed by atoms with E-state index in [2.05, 4.69) is 47.6 Å². The molecule has 0 aromatic heterocycles. The molecular formula is C30H44O4. The van der Waals surface area contributed by atoms with Crippen molar-refractivity contribution in [2.24, 2.45) is 45.3 Å². The lowest BCUT2D eigenvalue weighted by Gasteiger charge is -2.63. The summed E-state index contributed by atoms with van der Waals surface area (Å²) in [6, 6.07) is 0. The minimum Gasteiger partial charge on any atom is -0.455 e. The summed E-state index contributed by atoms with van der Waals surface area (Å²) in [4.78, 5) is 24.8. The van der Waals surface area contributed by atoms with Crippen molar-refractivity contribution in [1.82, 2.24) is 0 Å². The van der Waals surface area contributed by atoms with Gasteiger partial charge in [0.05, 0.1) is 12.2 Å². The Balaban J connectivity index is 1.41. The van der Waals surface area contributed by atoms with Crippen LogP contribution in [0, 0.1) is 45.3 Å². The zero-order chi connectivity index (χ0) is 24.7. The van der Waals surface area contributed by atoms with Gasteiger partial charge < -0.3 is 9.84 Å². The van der Waals surface area contributed by atoms with Crippen LogP contribution in [0.15, 0.2) is 23.3 Å². The molecule has 5 aliphatic rings. The first-order valence-corrected chi connectivity index (χ1v) is 13.6. The summed E-state index contributed by atoms with van der Waals surface area (Å²) in [7, 11) is 0. The molecule has 1 heterocycles. The van der Waals surface area contributed by atoms with E-state index in [1.54, 1.807) is 5.57 Å². The van der Waals surface area contributed by atoms with Crippen LogP contribution in [-0.2, 0) is 14.3 Å². The molecule has 0 radical (unpaired) electrons. The molecular weight excluding hydrogens is 424 g/mol. The van der Waals surface area contributed by atoms with Gasteiger partial charge in [0.1, 0.15) is 11.9 Å². The van der Waals surface area contributed by atoms with Crippen molar-refractivity contribution in [3.05, 3.63) is 23.3 Å². The van der Waals surface area contributed by atoms with Crippen molar-refractivity contribution >= 4 is 11.8 Å². The van der Waals surface area contributed by atoms with Crippen LogP contribution in [0.3, 0.4) is 0 Å². The largest absolute Gasteiger partial charge is 0.455 e. The van der Waals surface area contributed by atoms with Gasteiger partial charge in [-0.2, -0.15) is 0 Å². The Hall–Kier alpha value is -1.42. The van der Waals surface area contributed by atoms with E-state index in [0.29, 0.717) is 35.0 Å². The number of aliphatic hydroxyl groups is 1. The Labute approximate surface area is 205 Å². The van der Waals surface area contributed by atoms with E-state index in [1.165, 1.54) is 25.7 Å². The molecule has 4 heteroatoms. The Morgan fingerprint density at radius 1 is 1.09 bits per heavy atom. The number of carbonyl (C=O) groups is 2. The number of hydrogen-bond donors (Lipinski definition) is 1. The number of ketones is 1. The van der Waals surface area contributed by atoms with Crippen LogP contribution in [0.5, 0.6) is 0 Å². The molecule has 34 heavy (non-hydrogen) atoms. The summed E-state index contributed by atoms with van der Waals surface area (Å²) < 4.78 is 5.55. The van der Waals surface area contributed by atoms with E-state index in [1.807, 2.05) is 6.08 Å². The van der Waals surface area contributed by atoms with Gasteiger partial charge in [-0.05, 0) is 90.9 Å². The monoisotopic (exact) mass is 468 g/mol. The normalized spacial score (nSPS) is 46.1. The molecule has 3 saturated carbocycles. The average molecular weight is 469 g/mol. The predicted octanol–water partition coefficient (Wildman–Crippen LogP) is 6.03. The fourth-order valence-corrected chi connectivity index (χ4v) is 9.77. The molecule has 8 atom stereocenters. The van der Waals surface area contributed by atoms with Gasteiger partial charge in [-0.1, -0.05) is 53.2 Å². The Morgan fingerprint density at radius 3 is 2.50 bits per heavy atom. The van der Waals surface area contributed by atoms with Crippen molar-refractivity contribution in [3.8, 4) is 0 Å². The van der Waals surface area contributed by atoms with Crippen LogP contribution in [0.1, 0.15) is 92.9 Å². The van der Waals surface area contributed by atoms with Crippen molar-refractivity contribution in [1.29, 1.82) is 0 Å². The third kappa shape index (κ3) is 3.12. The van der Waals surface area contributed by atoms with E-state index in [-0.39, 0.29) is 40.3 Å². The van der Waals surface area contributed by atoms with Crippen LogP contribution in [0.25, 0.3) is 0 Å². The number of cyclic esters (lactones) is 1. The number of fused-ring (bicyclic) bond motifs is 5. The molecule has 4 aliphatic carbocycles.